The first-order chi connectivity index (χ1) is 8.79. The van der Waals surface area contributed by atoms with Crippen LogP contribution in [0.2, 0.25) is 0 Å². The van der Waals surface area contributed by atoms with Crippen LogP contribution in [0.5, 0.6) is 5.75 Å². The minimum atomic E-state index is 0.527. The van der Waals surface area contributed by atoms with E-state index in [1.807, 2.05) is 0 Å². The van der Waals surface area contributed by atoms with E-state index >= 15 is 0 Å². The highest BCUT2D eigenvalue weighted by Gasteiger charge is 2.10. The molecule has 2 rings (SSSR count). The molecule has 1 aromatic carbocycles. The molecule has 1 aromatic rings. The minimum absolute atomic E-state index is 0.527. The summed E-state index contributed by atoms with van der Waals surface area (Å²) < 4.78 is 5.58. The van der Waals surface area contributed by atoms with E-state index in [4.69, 9.17) is 4.74 Å². The van der Waals surface area contributed by atoms with E-state index in [1.54, 1.807) is 0 Å². The monoisotopic (exact) mass is 248 g/mol. The molecule has 3 nitrogen and oxygen atoms in total. The first-order valence-corrected chi connectivity index (χ1v) is 7.02. The summed E-state index contributed by atoms with van der Waals surface area (Å²) in [7, 11) is 0. The number of benzene rings is 1. The number of unbranched alkanes of at least 4 members (excludes halogenated alkanes) is 1. The standard InChI is InChI=1S/C15H24N2O/c1-3-4-7-16-12(2)10-13-5-6-15-14(11-13)17-8-9-18-15/h5-6,11-12,16-17H,3-4,7-10H2,1-2H3. The summed E-state index contributed by atoms with van der Waals surface area (Å²) >= 11 is 0. The third-order valence-electron chi connectivity index (χ3n) is 3.28. The predicted molar refractivity (Wildman–Crippen MR) is 76.5 cm³/mol. The highest BCUT2D eigenvalue weighted by molar-refractivity contribution is 5.59. The van der Waals surface area contributed by atoms with Crippen molar-refractivity contribution >= 4 is 5.69 Å². The summed E-state index contributed by atoms with van der Waals surface area (Å²) in [6, 6.07) is 6.99. The quantitative estimate of drug-likeness (QED) is 0.760. The van der Waals surface area contributed by atoms with E-state index in [0.29, 0.717) is 6.04 Å². The average Bonchev–Trinajstić information content (AvgIpc) is 2.39. The Bertz CT molecular complexity index is 379. The molecule has 0 amide bonds. The number of anilines is 1. The molecule has 18 heavy (non-hydrogen) atoms. The van der Waals surface area contributed by atoms with Gasteiger partial charge >= 0.3 is 0 Å². The highest BCUT2D eigenvalue weighted by Crippen LogP contribution is 2.28. The first kappa shape index (κ1) is 13.2. The number of ether oxygens (including phenoxy) is 1. The lowest BCUT2D eigenvalue weighted by Crippen LogP contribution is -2.29. The van der Waals surface area contributed by atoms with E-state index in [1.165, 1.54) is 18.4 Å². The van der Waals surface area contributed by atoms with Gasteiger partial charge in [-0.25, -0.2) is 0 Å². The van der Waals surface area contributed by atoms with Gasteiger partial charge in [-0.3, -0.25) is 0 Å². The third kappa shape index (κ3) is 3.64. The third-order valence-corrected chi connectivity index (χ3v) is 3.28. The Morgan fingerprint density at radius 3 is 3.17 bits per heavy atom. The molecular weight excluding hydrogens is 224 g/mol. The second-order valence-corrected chi connectivity index (χ2v) is 5.02. The summed E-state index contributed by atoms with van der Waals surface area (Å²) in [5.74, 6) is 0.983. The van der Waals surface area contributed by atoms with Gasteiger partial charge in [0, 0.05) is 12.6 Å². The van der Waals surface area contributed by atoms with Crippen LogP contribution in [0.15, 0.2) is 18.2 Å². The molecule has 0 aliphatic carbocycles. The van der Waals surface area contributed by atoms with Gasteiger partial charge in [-0.2, -0.15) is 0 Å². The largest absolute Gasteiger partial charge is 0.490 e. The van der Waals surface area contributed by atoms with Gasteiger partial charge in [-0.15, -0.1) is 0 Å². The maximum absolute atomic E-state index is 5.58. The molecule has 1 heterocycles. The average molecular weight is 248 g/mol. The molecule has 0 saturated heterocycles. The first-order valence-electron chi connectivity index (χ1n) is 7.02. The summed E-state index contributed by atoms with van der Waals surface area (Å²) in [5.41, 5.74) is 2.50. The SMILES string of the molecule is CCCCNC(C)Cc1ccc2c(c1)NCCO2. The molecule has 1 atom stereocenters. The van der Waals surface area contributed by atoms with Crippen molar-refractivity contribution in [2.75, 3.05) is 25.0 Å². The summed E-state index contributed by atoms with van der Waals surface area (Å²) in [5, 5.41) is 6.94. The molecule has 1 aliphatic rings. The van der Waals surface area contributed by atoms with E-state index in [9.17, 15) is 0 Å². The second kappa shape index (κ2) is 6.64. The van der Waals surface area contributed by atoms with E-state index in [2.05, 4.69) is 42.7 Å². The molecule has 1 aliphatic heterocycles. The molecule has 0 saturated carbocycles. The Hall–Kier alpha value is -1.22. The van der Waals surface area contributed by atoms with Gasteiger partial charge in [-0.05, 0) is 44.0 Å². The normalized spacial score (nSPS) is 15.4. The van der Waals surface area contributed by atoms with E-state index < -0.39 is 0 Å². The summed E-state index contributed by atoms with van der Waals surface area (Å²) in [6.07, 6.45) is 3.57. The van der Waals surface area contributed by atoms with Crippen LogP contribution in [0.4, 0.5) is 5.69 Å². The van der Waals surface area contributed by atoms with Crippen LogP contribution in [-0.2, 0) is 6.42 Å². The lowest BCUT2D eigenvalue weighted by Gasteiger charge is -2.20. The van der Waals surface area contributed by atoms with Crippen LogP contribution in [-0.4, -0.2) is 25.7 Å². The molecule has 0 fully saturated rings. The van der Waals surface area contributed by atoms with Crippen LogP contribution < -0.4 is 15.4 Å². The summed E-state index contributed by atoms with van der Waals surface area (Å²) in [6.45, 7) is 7.26. The number of nitrogens with one attached hydrogen (secondary N) is 2. The predicted octanol–water partition coefficient (Wildman–Crippen LogP) is 2.81. The van der Waals surface area contributed by atoms with Gasteiger partial charge in [0.25, 0.3) is 0 Å². The molecule has 100 valence electrons. The van der Waals surface area contributed by atoms with Crippen LogP contribution in [0.1, 0.15) is 32.3 Å². The molecule has 3 heteroatoms. The van der Waals surface area contributed by atoms with Crippen molar-refractivity contribution in [2.24, 2.45) is 0 Å². The molecule has 0 spiro atoms. The lowest BCUT2D eigenvalue weighted by atomic mass is 10.1. The lowest BCUT2D eigenvalue weighted by molar-refractivity contribution is 0.323. The molecule has 1 unspecified atom stereocenters. The van der Waals surface area contributed by atoms with Crippen molar-refractivity contribution in [3.8, 4) is 5.75 Å². The molecule has 0 aromatic heterocycles. The summed E-state index contributed by atoms with van der Waals surface area (Å²) in [4.78, 5) is 0. The number of fused-ring (bicyclic) bond motifs is 1. The van der Waals surface area contributed by atoms with Gasteiger partial charge in [0.1, 0.15) is 12.4 Å². The zero-order valence-electron chi connectivity index (χ0n) is 11.5. The topological polar surface area (TPSA) is 33.3 Å². The molecular formula is C15H24N2O. The maximum atomic E-state index is 5.58. The number of rotatable bonds is 6. The van der Waals surface area contributed by atoms with Crippen molar-refractivity contribution in [1.82, 2.24) is 5.32 Å². The second-order valence-electron chi connectivity index (χ2n) is 5.02. The van der Waals surface area contributed by atoms with Crippen LogP contribution in [0.3, 0.4) is 0 Å². The fraction of sp³-hybridized carbons (Fsp3) is 0.600. The zero-order valence-corrected chi connectivity index (χ0v) is 11.5. The van der Waals surface area contributed by atoms with Crippen molar-refractivity contribution in [1.29, 1.82) is 0 Å². The fourth-order valence-corrected chi connectivity index (χ4v) is 2.27. The van der Waals surface area contributed by atoms with Gasteiger partial charge < -0.3 is 15.4 Å². The molecule has 0 bridgehead atoms. The Morgan fingerprint density at radius 2 is 2.33 bits per heavy atom. The highest BCUT2D eigenvalue weighted by atomic mass is 16.5. The van der Waals surface area contributed by atoms with Crippen LogP contribution >= 0.6 is 0 Å². The minimum Gasteiger partial charge on any atom is -0.490 e. The van der Waals surface area contributed by atoms with E-state index in [0.717, 1.165) is 37.6 Å². The van der Waals surface area contributed by atoms with Gasteiger partial charge in [0.15, 0.2) is 0 Å². The molecule has 2 N–H and O–H groups in total. The van der Waals surface area contributed by atoms with Gasteiger partial charge in [0.05, 0.1) is 5.69 Å². The Kier molecular flexibility index (Phi) is 4.88. The van der Waals surface area contributed by atoms with Crippen molar-refractivity contribution < 1.29 is 4.74 Å². The zero-order chi connectivity index (χ0) is 12.8. The van der Waals surface area contributed by atoms with Crippen molar-refractivity contribution in [2.45, 2.75) is 39.2 Å². The van der Waals surface area contributed by atoms with E-state index in [-0.39, 0.29) is 0 Å². The smallest absolute Gasteiger partial charge is 0.142 e. The Labute approximate surface area is 110 Å². The van der Waals surface area contributed by atoms with Crippen LogP contribution in [0, 0.1) is 0 Å². The van der Waals surface area contributed by atoms with Gasteiger partial charge in [0.2, 0.25) is 0 Å². The number of hydrogen-bond donors (Lipinski definition) is 2. The van der Waals surface area contributed by atoms with Crippen molar-refractivity contribution in [3.05, 3.63) is 23.8 Å². The van der Waals surface area contributed by atoms with Gasteiger partial charge in [-0.1, -0.05) is 19.4 Å². The van der Waals surface area contributed by atoms with Crippen molar-refractivity contribution in [3.63, 3.8) is 0 Å². The maximum Gasteiger partial charge on any atom is 0.142 e. The van der Waals surface area contributed by atoms with Crippen LogP contribution in [0.25, 0.3) is 0 Å². The molecule has 0 radical (unpaired) electrons. The Morgan fingerprint density at radius 1 is 1.44 bits per heavy atom. The number of hydrogen-bond acceptors (Lipinski definition) is 3. The Balaban J connectivity index is 1.89. The fourth-order valence-electron chi connectivity index (χ4n) is 2.27.